The van der Waals surface area contributed by atoms with Gasteiger partial charge in [-0.05, 0) is 18.8 Å². The van der Waals surface area contributed by atoms with Gasteiger partial charge in [0.1, 0.15) is 0 Å². The molecule has 0 aromatic rings. The molecule has 1 aliphatic carbocycles. The number of carbonyl (C=O) groups is 1. The summed E-state index contributed by atoms with van der Waals surface area (Å²) < 4.78 is 0. The van der Waals surface area contributed by atoms with Crippen molar-refractivity contribution in [3.8, 4) is 12.3 Å². The maximum absolute atomic E-state index is 12.1. The van der Waals surface area contributed by atoms with Crippen molar-refractivity contribution in [1.82, 2.24) is 10.2 Å². The zero-order valence-electron chi connectivity index (χ0n) is 11.0. The Morgan fingerprint density at radius 1 is 1.47 bits per heavy atom. The van der Waals surface area contributed by atoms with E-state index < -0.39 is 0 Å². The average molecular weight is 236 g/mol. The van der Waals surface area contributed by atoms with E-state index in [1.54, 1.807) is 0 Å². The number of carbonyl (C=O) groups excluding carboxylic acids is 1. The Bertz CT molecular complexity index is 274. The van der Waals surface area contributed by atoms with E-state index in [9.17, 15) is 4.79 Å². The summed E-state index contributed by atoms with van der Waals surface area (Å²) in [4.78, 5) is 14.2. The highest BCUT2D eigenvalue weighted by atomic mass is 16.2. The molecule has 0 atom stereocenters. The summed E-state index contributed by atoms with van der Waals surface area (Å²) in [5.41, 5.74) is 0. The van der Waals surface area contributed by atoms with E-state index in [1.165, 1.54) is 12.8 Å². The molecule has 0 bridgehead atoms. The minimum absolute atomic E-state index is 0.195. The number of amides is 1. The van der Waals surface area contributed by atoms with Gasteiger partial charge in [0, 0.05) is 12.6 Å². The van der Waals surface area contributed by atoms with Crippen LogP contribution in [0.25, 0.3) is 0 Å². The quantitative estimate of drug-likeness (QED) is 0.561. The molecule has 3 heteroatoms. The van der Waals surface area contributed by atoms with E-state index in [1.807, 2.05) is 0 Å². The molecule has 1 fully saturated rings. The summed E-state index contributed by atoms with van der Waals surface area (Å²) in [6.45, 7) is 6.01. The summed E-state index contributed by atoms with van der Waals surface area (Å²) >= 11 is 0. The molecule has 0 heterocycles. The number of hydrogen-bond donors (Lipinski definition) is 1. The van der Waals surface area contributed by atoms with Crippen LogP contribution in [0.5, 0.6) is 0 Å². The standard InChI is InChI=1S/C14H24N2O/c1-4-9-15-10-14(17)16(11-12(2)3)13-7-5-6-8-13/h1,12-13,15H,5-11H2,2-3H3. The zero-order chi connectivity index (χ0) is 12.7. The highest BCUT2D eigenvalue weighted by molar-refractivity contribution is 5.78. The summed E-state index contributed by atoms with van der Waals surface area (Å²) in [6.07, 6.45) is 9.99. The molecule has 17 heavy (non-hydrogen) atoms. The van der Waals surface area contributed by atoms with Gasteiger partial charge in [0.2, 0.25) is 5.91 Å². The van der Waals surface area contributed by atoms with Crippen molar-refractivity contribution >= 4 is 5.91 Å². The van der Waals surface area contributed by atoms with Crippen molar-refractivity contribution in [2.24, 2.45) is 5.92 Å². The molecule has 0 saturated heterocycles. The third kappa shape index (κ3) is 4.79. The number of terminal acetylenes is 1. The summed E-state index contributed by atoms with van der Waals surface area (Å²) in [7, 11) is 0. The Balaban J connectivity index is 2.49. The average Bonchev–Trinajstić information content (AvgIpc) is 2.79. The third-order valence-corrected chi connectivity index (χ3v) is 3.15. The van der Waals surface area contributed by atoms with Gasteiger partial charge in [-0.15, -0.1) is 6.42 Å². The minimum atomic E-state index is 0.195. The maximum Gasteiger partial charge on any atom is 0.236 e. The van der Waals surface area contributed by atoms with Crippen molar-refractivity contribution in [2.45, 2.75) is 45.6 Å². The van der Waals surface area contributed by atoms with Crippen LogP contribution < -0.4 is 5.32 Å². The second-order valence-corrected chi connectivity index (χ2v) is 5.19. The van der Waals surface area contributed by atoms with E-state index in [0.717, 1.165) is 19.4 Å². The van der Waals surface area contributed by atoms with Crippen LogP contribution >= 0.6 is 0 Å². The van der Waals surface area contributed by atoms with Crippen molar-refractivity contribution < 1.29 is 4.79 Å². The lowest BCUT2D eigenvalue weighted by Crippen LogP contribution is -2.45. The van der Waals surface area contributed by atoms with Crippen molar-refractivity contribution in [3.63, 3.8) is 0 Å². The fraction of sp³-hybridized carbons (Fsp3) is 0.786. The molecular formula is C14H24N2O. The monoisotopic (exact) mass is 236 g/mol. The van der Waals surface area contributed by atoms with Crippen LogP contribution in [0.1, 0.15) is 39.5 Å². The second kappa shape index (κ2) is 7.34. The molecule has 0 spiro atoms. The van der Waals surface area contributed by atoms with Gasteiger partial charge in [-0.3, -0.25) is 10.1 Å². The first-order chi connectivity index (χ1) is 8.15. The van der Waals surface area contributed by atoms with E-state index in [-0.39, 0.29) is 5.91 Å². The van der Waals surface area contributed by atoms with Crippen LogP contribution in [0.4, 0.5) is 0 Å². The van der Waals surface area contributed by atoms with Gasteiger partial charge in [0.05, 0.1) is 13.1 Å². The molecule has 0 unspecified atom stereocenters. The smallest absolute Gasteiger partial charge is 0.236 e. The molecule has 3 nitrogen and oxygen atoms in total. The lowest BCUT2D eigenvalue weighted by atomic mass is 10.1. The van der Waals surface area contributed by atoms with Gasteiger partial charge in [-0.1, -0.05) is 32.6 Å². The van der Waals surface area contributed by atoms with E-state index in [4.69, 9.17) is 6.42 Å². The fourth-order valence-electron chi connectivity index (χ4n) is 2.41. The first kappa shape index (κ1) is 14.1. The molecular weight excluding hydrogens is 212 g/mol. The Hall–Kier alpha value is -1.01. The van der Waals surface area contributed by atoms with Gasteiger partial charge in [0.25, 0.3) is 0 Å². The highest BCUT2D eigenvalue weighted by Gasteiger charge is 2.26. The summed E-state index contributed by atoms with van der Waals surface area (Å²) in [5, 5.41) is 2.98. The van der Waals surface area contributed by atoms with E-state index >= 15 is 0 Å². The number of hydrogen-bond acceptors (Lipinski definition) is 2. The number of rotatable bonds is 6. The Morgan fingerprint density at radius 2 is 2.12 bits per heavy atom. The van der Waals surface area contributed by atoms with Gasteiger partial charge in [-0.2, -0.15) is 0 Å². The molecule has 0 radical (unpaired) electrons. The van der Waals surface area contributed by atoms with Crippen LogP contribution in [0.2, 0.25) is 0 Å². The first-order valence-corrected chi connectivity index (χ1v) is 6.58. The zero-order valence-corrected chi connectivity index (χ0v) is 11.0. The van der Waals surface area contributed by atoms with Crippen LogP contribution in [-0.4, -0.2) is 36.5 Å². The van der Waals surface area contributed by atoms with Crippen molar-refractivity contribution in [3.05, 3.63) is 0 Å². The lowest BCUT2D eigenvalue weighted by Gasteiger charge is -2.30. The topological polar surface area (TPSA) is 32.3 Å². The Morgan fingerprint density at radius 3 is 2.65 bits per heavy atom. The predicted octanol–water partition coefficient (Wildman–Crippen LogP) is 1.64. The van der Waals surface area contributed by atoms with Crippen molar-refractivity contribution in [2.75, 3.05) is 19.6 Å². The van der Waals surface area contributed by atoms with Gasteiger partial charge < -0.3 is 4.90 Å². The van der Waals surface area contributed by atoms with Crippen molar-refractivity contribution in [1.29, 1.82) is 0 Å². The van der Waals surface area contributed by atoms with E-state index in [0.29, 0.717) is 25.0 Å². The normalized spacial score (nSPS) is 16.1. The highest BCUT2D eigenvalue weighted by Crippen LogP contribution is 2.24. The van der Waals surface area contributed by atoms with Gasteiger partial charge in [-0.25, -0.2) is 0 Å². The van der Waals surface area contributed by atoms with Crippen LogP contribution in [0.3, 0.4) is 0 Å². The molecule has 0 aromatic heterocycles. The maximum atomic E-state index is 12.1. The molecule has 0 aliphatic heterocycles. The van der Waals surface area contributed by atoms with Crippen LogP contribution in [0, 0.1) is 18.3 Å². The lowest BCUT2D eigenvalue weighted by molar-refractivity contribution is -0.133. The van der Waals surface area contributed by atoms with Gasteiger partial charge in [0.15, 0.2) is 0 Å². The predicted molar refractivity (Wildman–Crippen MR) is 70.5 cm³/mol. The molecule has 96 valence electrons. The second-order valence-electron chi connectivity index (χ2n) is 5.19. The molecule has 1 N–H and O–H groups in total. The molecule has 1 aliphatic rings. The number of nitrogens with zero attached hydrogens (tertiary/aromatic N) is 1. The molecule has 1 amide bonds. The van der Waals surface area contributed by atoms with E-state index in [2.05, 4.69) is 30.0 Å². The molecule has 1 rings (SSSR count). The SMILES string of the molecule is C#CCNCC(=O)N(CC(C)C)C1CCCC1. The minimum Gasteiger partial charge on any atom is -0.338 e. The first-order valence-electron chi connectivity index (χ1n) is 6.58. The fourth-order valence-corrected chi connectivity index (χ4v) is 2.41. The van der Waals surface area contributed by atoms with Crippen LogP contribution in [-0.2, 0) is 4.79 Å². The van der Waals surface area contributed by atoms with Crippen LogP contribution in [0.15, 0.2) is 0 Å². The molecule has 0 aromatic carbocycles. The number of nitrogens with one attached hydrogen (secondary N) is 1. The largest absolute Gasteiger partial charge is 0.338 e. The Labute approximate surface area is 105 Å². The Kier molecular flexibility index (Phi) is 6.07. The summed E-state index contributed by atoms with van der Waals surface area (Å²) in [5.74, 6) is 3.21. The summed E-state index contributed by atoms with van der Waals surface area (Å²) in [6, 6.07) is 0.456. The third-order valence-electron chi connectivity index (χ3n) is 3.15. The molecule has 1 saturated carbocycles. The van der Waals surface area contributed by atoms with Gasteiger partial charge >= 0.3 is 0 Å².